The molecule has 0 radical (unpaired) electrons. The molecule has 0 aliphatic rings. The highest BCUT2D eigenvalue weighted by atomic mass is 16.3. The van der Waals surface area contributed by atoms with Crippen LogP contribution in [-0.2, 0) is 11.2 Å². The maximum absolute atomic E-state index is 11.4. The zero-order chi connectivity index (χ0) is 11.8. The van der Waals surface area contributed by atoms with Gasteiger partial charge < -0.3 is 15.1 Å². The molecule has 0 saturated carbocycles. The Bertz CT molecular complexity index is 296. The van der Waals surface area contributed by atoms with Crippen molar-refractivity contribution >= 4 is 5.91 Å². The quantitative estimate of drug-likeness (QED) is 0.687. The fourth-order valence-corrected chi connectivity index (χ4v) is 1.30. The van der Waals surface area contributed by atoms with Crippen molar-refractivity contribution < 1.29 is 9.21 Å². The molecule has 1 amide bonds. The van der Waals surface area contributed by atoms with Crippen molar-refractivity contribution in [3.05, 3.63) is 24.2 Å². The van der Waals surface area contributed by atoms with Gasteiger partial charge in [-0.3, -0.25) is 4.79 Å². The number of nitrogens with one attached hydrogen (secondary N) is 2. The normalized spacial score (nSPS) is 12.4. The van der Waals surface area contributed by atoms with E-state index in [0.29, 0.717) is 6.54 Å². The van der Waals surface area contributed by atoms with Crippen LogP contribution in [0, 0.1) is 0 Å². The van der Waals surface area contributed by atoms with Gasteiger partial charge in [-0.2, -0.15) is 0 Å². The molecule has 0 spiro atoms. The largest absolute Gasteiger partial charge is 0.469 e. The van der Waals surface area contributed by atoms with Gasteiger partial charge in [0.05, 0.1) is 12.8 Å². The summed E-state index contributed by atoms with van der Waals surface area (Å²) in [6.45, 7) is 5.17. The lowest BCUT2D eigenvalue weighted by Crippen LogP contribution is -2.39. The monoisotopic (exact) mass is 224 g/mol. The van der Waals surface area contributed by atoms with Gasteiger partial charge in [0, 0.05) is 19.0 Å². The first-order chi connectivity index (χ1) is 7.72. The molecule has 2 N–H and O–H groups in total. The third-order valence-electron chi connectivity index (χ3n) is 2.43. The summed E-state index contributed by atoms with van der Waals surface area (Å²) in [6.07, 6.45) is 3.42. The molecular weight excluding hydrogens is 204 g/mol. The number of rotatable bonds is 7. The predicted octanol–water partition coefficient (Wildman–Crippen LogP) is 1.33. The number of hydrogen-bond acceptors (Lipinski definition) is 3. The van der Waals surface area contributed by atoms with Gasteiger partial charge in [-0.1, -0.05) is 6.92 Å². The molecule has 1 unspecified atom stereocenters. The average molecular weight is 224 g/mol. The molecule has 1 atom stereocenters. The Hall–Kier alpha value is -1.29. The van der Waals surface area contributed by atoms with Crippen LogP contribution in [-0.4, -0.2) is 25.0 Å². The zero-order valence-electron chi connectivity index (χ0n) is 9.95. The number of carbonyl (C=O) groups excluding carboxylic acids is 1. The van der Waals surface area contributed by atoms with Crippen LogP contribution in [0.3, 0.4) is 0 Å². The number of furan rings is 1. The van der Waals surface area contributed by atoms with E-state index in [0.717, 1.165) is 25.1 Å². The summed E-state index contributed by atoms with van der Waals surface area (Å²) in [5.41, 5.74) is 0. The summed E-state index contributed by atoms with van der Waals surface area (Å²) in [6, 6.07) is 4.05. The van der Waals surface area contributed by atoms with E-state index < -0.39 is 0 Å². The lowest BCUT2D eigenvalue weighted by atomic mass is 10.2. The summed E-state index contributed by atoms with van der Waals surface area (Å²) in [7, 11) is 0. The molecule has 1 rings (SSSR count). The minimum atomic E-state index is 0.0498. The van der Waals surface area contributed by atoms with Crippen LogP contribution in [0.15, 0.2) is 22.8 Å². The second kappa shape index (κ2) is 7.06. The summed E-state index contributed by atoms with van der Waals surface area (Å²) >= 11 is 0. The van der Waals surface area contributed by atoms with E-state index in [-0.39, 0.29) is 11.9 Å². The fraction of sp³-hybridized carbons (Fsp3) is 0.583. The van der Waals surface area contributed by atoms with Gasteiger partial charge in [0.2, 0.25) is 5.91 Å². The molecule has 0 bridgehead atoms. The van der Waals surface area contributed by atoms with E-state index in [4.69, 9.17) is 4.42 Å². The Balaban J connectivity index is 2.04. The molecule has 4 nitrogen and oxygen atoms in total. The van der Waals surface area contributed by atoms with E-state index in [1.165, 1.54) is 0 Å². The van der Waals surface area contributed by atoms with Crippen LogP contribution in [0.5, 0.6) is 0 Å². The maximum Gasteiger partial charge on any atom is 0.234 e. The Kier molecular flexibility index (Phi) is 5.64. The van der Waals surface area contributed by atoms with Crippen LogP contribution >= 0.6 is 0 Å². The van der Waals surface area contributed by atoms with Crippen LogP contribution in [0.2, 0.25) is 0 Å². The topological polar surface area (TPSA) is 54.3 Å². The van der Waals surface area contributed by atoms with Gasteiger partial charge in [-0.05, 0) is 25.5 Å². The molecule has 4 heteroatoms. The number of carbonyl (C=O) groups is 1. The Morgan fingerprint density at radius 1 is 1.56 bits per heavy atom. The molecule has 0 aliphatic heterocycles. The minimum Gasteiger partial charge on any atom is -0.469 e. The van der Waals surface area contributed by atoms with Gasteiger partial charge in [0.15, 0.2) is 0 Å². The van der Waals surface area contributed by atoms with Crippen molar-refractivity contribution in [1.82, 2.24) is 10.6 Å². The van der Waals surface area contributed by atoms with Crippen molar-refractivity contribution in [2.45, 2.75) is 32.7 Å². The van der Waals surface area contributed by atoms with E-state index in [1.807, 2.05) is 19.1 Å². The van der Waals surface area contributed by atoms with Crippen molar-refractivity contribution in [2.75, 3.05) is 13.1 Å². The van der Waals surface area contributed by atoms with E-state index in [9.17, 15) is 4.79 Å². The highest BCUT2D eigenvalue weighted by Crippen LogP contribution is 1.99. The third-order valence-corrected chi connectivity index (χ3v) is 2.43. The Morgan fingerprint density at radius 2 is 2.38 bits per heavy atom. The van der Waals surface area contributed by atoms with Crippen LogP contribution < -0.4 is 10.6 Å². The smallest absolute Gasteiger partial charge is 0.234 e. The first-order valence-corrected chi connectivity index (χ1v) is 5.74. The zero-order valence-corrected chi connectivity index (χ0v) is 9.95. The standard InChI is InChI=1S/C12H20N2O2/c1-3-10(2)14-12(15)9-13-7-6-11-5-4-8-16-11/h4-5,8,10,13H,3,6-7,9H2,1-2H3,(H,14,15). The molecule has 16 heavy (non-hydrogen) atoms. The van der Waals surface area contributed by atoms with Crippen LogP contribution in [0.1, 0.15) is 26.0 Å². The predicted molar refractivity (Wildman–Crippen MR) is 63.2 cm³/mol. The molecule has 0 saturated heterocycles. The first kappa shape index (κ1) is 12.8. The second-order valence-electron chi connectivity index (χ2n) is 3.88. The molecule has 0 aromatic carbocycles. The van der Waals surface area contributed by atoms with Gasteiger partial charge >= 0.3 is 0 Å². The van der Waals surface area contributed by atoms with Crippen molar-refractivity contribution in [3.63, 3.8) is 0 Å². The van der Waals surface area contributed by atoms with Gasteiger partial charge in [0.1, 0.15) is 5.76 Å². The first-order valence-electron chi connectivity index (χ1n) is 5.74. The van der Waals surface area contributed by atoms with Crippen molar-refractivity contribution in [2.24, 2.45) is 0 Å². The summed E-state index contributed by atoms with van der Waals surface area (Å²) in [5, 5.41) is 5.98. The van der Waals surface area contributed by atoms with Gasteiger partial charge in [0.25, 0.3) is 0 Å². The molecule has 1 aromatic heterocycles. The lowest BCUT2D eigenvalue weighted by Gasteiger charge is -2.11. The van der Waals surface area contributed by atoms with E-state index in [2.05, 4.69) is 17.6 Å². The van der Waals surface area contributed by atoms with Crippen molar-refractivity contribution in [3.8, 4) is 0 Å². The lowest BCUT2D eigenvalue weighted by molar-refractivity contribution is -0.120. The molecule has 0 aliphatic carbocycles. The number of amides is 1. The van der Waals surface area contributed by atoms with E-state index in [1.54, 1.807) is 6.26 Å². The van der Waals surface area contributed by atoms with Crippen LogP contribution in [0.25, 0.3) is 0 Å². The van der Waals surface area contributed by atoms with Gasteiger partial charge in [-0.15, -0.1) is 0 Å². The summed E-state index contributed by atoms with van der Waals surface area (Å²) < 4.78 is 5.18. The Morgan fingerprint density at radius 3 is 3.00 bits per heavy atom. The number of hydrogen-bond donors (Lipinski definition) is 2. The molecule has 1 aromatic rings. The minimum absolute atomic E-state index is 0.0498. The average Bonchev–Trinajstić information content (AvgIpc) is 2.77. The fourth-order valence-electron chi connectivity index (χ4n) is 1.30. The summed E-state index contributed by atoms with van der Waals surface area (Å²) in [5.74, 6) is 0.989. The summed E-state index contributed by atoms with van der Waals surface area (Å²) in [4.78, 5) is 11.4. The van der Waals surface area contributed by atoms with Crippen LogP contribution in [0.4, 0.5) is 0 Å². The second-order valence-corrected chi connectivity index (χ2v) is 3.88. The molecular formula is C12H20N2O2. The van der Waals surface area contributed by atoms with Crippen molar-refractivity contribution in [1.29, 1.82) is 0 Å². The van der Waals surface area contributed by atoms with E-state index >= 15 is 0 Å². The maximum atomic E-state index is 11.4. The highest BCUT2D eigenvalue weighted by Gasteiger charge is 2.04. The third kappa shape index (κ3) is 4.98. The molecule has 1 heterocycles. The van der Waals surface area contributed by atoms with Gasteiger partial charge in [-0.25, -0.2) is 0 Å². The molecule has 0 fully saturated rings. The molecule has 90 valence electrons. The Labute approximate surface area is 96.4 Å². The SMILES string of the molecule is CCC(C)NC(=O)CNCCc1ccco1. The highest BCUT2D eigenvalue weighted by molar-refractivity contribution is 5.78.